The molecule has 0 radical (unpaired) electrons. The topological polar surface area (TPSA) is 39.5 Å². The van der Waals surface area contributed by atoms with Crippen molar-refractivity contribution in [3.8, 4) is 11.8 Å². The van der Waals surface area contributed by atoms with Crippen LogP contribution in [0.1, 0.15) is 19.8 Å². The number of ether oxygens (including phenoxy) is 1. The Labute approximate surface area is 127 Å². The monoisotopic (exact) mass is 287 g/mol. The molecule has 0 amide bonds. The summed E-state index contributed by atoms with van der Waals surface area (Å²) in [4.78, 5) is 4.77. The van der Waals surface area contributed by atoms with Gasteiger partial charge in [-0.05, 0) is 25.0 Å². The predicted octanol–water partition coefficient (Wildman–Crippen LogP) is 2.38. The number of nitriles is 1. The fourth-order valence-electron chi connectivity index (χ4n) is 2.72. The van der Waals surface area contributed by atoms with Crippen molar-refractivity contribution in [3.05, 3.63) is 30.3 Å². The first-order valence-electron chi connectivity index (χ1n) is 7.87. The number of benzene rings is 1. The summed E-state index contributed by atoms with van der Waals surface area (Å²) in [6.45, 7) is 8.05. The Bertz CT molecular complexity index is 435. The Kier molecular flexibility index (Phi) is 6.52. The molecule has 1 fully saturated rings. The van der Waals surface area contributed by atoms with E-state index >= 15 is 0 Å². The normalized spacial score (nSPS) is 18.1. The Morgan fingerprint density at radius 2 is 1.90 bits per heavy atom. The number of para-hydroxylation sites is 1. The molecule has 0 saturated carbocycles. The van der Waals surface area contributed by atoms with Crippen LogP contribution in [0, 0.1) is 11.3 Å². The van der Waals surface area contributed by atoms with E-state index < -0.39 is 0 Å². The van der Waals surface area contributed by atoms with Gasteiger partial charge in [0.15, 0.2) is 0 Å². The average molecular weight is 287 g/mol. The van der Waals surface area contributed by atoms with E-state index in [2.05, 4.69) is 22.8 Å². The summed E-state index contributed by atoms with van der Waals surface area (Å²) in [5.41, 5.74) is 0. The minimum absolute atomic E-state index is 0.0913. The zero-order valence-electron chi connectivity index (χ0n) is 12.9. The lowest BCUT2D eigenvalue weighted by molar-refractivity contribution is 0.108. The first-order valence-corrected chi connectivity index (χ1v) is 7.87. The minimum atomic E-state index is 0.0913. The van der Waals surface area contributed by atoms with Gasteiger partial charge in [-0.15, -0.1) is 0 Å². The van der Waals surface area contributed by atoms with E-state index in [1.54, 1.807) is 0 Å². The van der Waals surface area contributed by atoms with Gasteiger partial charge < -0.3 is 9.64 Å². The first kappa shape index (κ1) is 15.8. The van der Waals surface area contributed by atoms with Gasteiger partial charge in [0.1, 0.15) is 5.75 Å². The molecule has 1 atom stereocenters. The molecule has 4 nitrogen and oxygen atoms in total. The zero-order chi connectivity index (χ0) is 14.9. The minimum Gasteiger partial charge on any atom is -0.494 e. The van der Waals surface area contributed by atoms with E-state index in [0.717, 1.165) is 57.9 Å². The summed E-state index contributed by atoms with van der Waals surface area (Å²) in [7, 11) is 0. The van der Waals surface area contributed by atoms with Crippen molar-refractivity contribution in [1.82, 2.24) is 9.80 Å². The fourth-order valence-corrected chi connectivity index (χ4v) is 2.72. The van der Waals surface area contributed by atoms with Crippen LogP contribution in [0.3, 0.4) is 0 Å². The summed E-state index contributed by atoms with van der Waals surface area (Å²) >= 11 is 0. The number of hydrogen-bond donors (Lipinski definition) is 0. The molecule has 1 aromatic carbocycles. The van der Waals surface area contributed by atoms with Crippen molar-refractivity contribution < 1.29 is 4.74 Å². The number of hydrogen-bond acceptors (Lipinski definition) is 4. The first-order chi connectivity index (χ1) is 10.3. The highest BCUT2D eigenvalue weighted by Crippen LogP contribution is 2.10. The third kappa shape index (κ3) is 5.04. The van der Waals surface area contributed by atoms with Crippen LogP contribution in [-0.2, 0) is 0 Å². The van der Waals surface area contributed by atoms with Gasteiger partial charge in [-0.25, -0.2) is 0 Å². The van der Waals surface area contributed by atoms with Crippen LogP contribution < -0.4 is 4.74 Å². The lowest BCUT2D eigenvalue weighted by Gasteiger charge is -2.36. The van der Waals surface area contributed by atoms with Crippen molar-refractivity contribution in [3.63, 3.8) is 0 Å². The highest BCUT2D eigenvalue weighted by atomic mass is 16.5. The Balaban J connectivity index is 1.60. The van der Waals surface area contributed by atoms with Crippen LogP contribution in [0.2, 0.25) is 0 Å². The molecule has 0 aliphatic carbocycles. The zero-order valence-corrected chi connectivity index (χ0v) is 12.9. The van der Waals surface area contributed by atoms with Crippen LogP contribution in [0.5, 0.6) is 5.75 Å². The molecule has 114 valence electrons. The Hall–Kier alpha value is -1.57. The molecule has 2 rings (SSSR count). The second kappa shape index (κ2) is 8.66. The maximum Gasteiger partial charge on any atom is 0.119 e. The second-order valence-corrected chi connectivity index (χ2v) is 5.45. The summed E-state index contributed by atoms with van der Waals surface area (Å²) in [6, 6.07) is 12.5. The summed E-state index contributed by atoms with van der Waals surface area (Å²) in [5, 5.41) is 9.10. The maximum absolute atomic E-state index is 9.10. The van der Waals surface area contributed by atoms with Crippen molar-refractivity contribution in [2.24, 2.45) is 0 Å². The van der Waals surface area contributed by atoms with Crippen molar-refractivity contribution in [2.45, 2.75) is 25.8 Å². The van der Waals surface area contributed by atoms with Gasteiger partial charge in [-0.3, -0.25) is 4.90 Å². The molecular weight excluding hydrogens is 262 g/mol. The van der Waals surface area contributed by atoms with Gasteiger partial charge in [0, 0.05) is 32.7 Å². The van der Waals surface area contributed by atoms with Gasteiger partial charge in [-0.2, -0.15) is 5.26 Å². The molecule has 1 aliphatic rings. The molecule has 1 saturated heterocycles. The maximum atomic E-state index is 9.10. The third-order valence-electron chi connectivity index (χ3n) is 4.01. The van der Waals surface area contributed by atoms with Crippen LogP contribution in [0.4, 0.5) is 0 Å². The lowest BCUT2D eigenvalue weighted by atomic mass is 10.2. The highest BCUT2D eigenvalue weighted by Gasteiger charge is 2.21. The molecule has 0 bridgehead atoms. The van der Waals surface area contributed by atoms with E-state index in [-0.39, 0.29) is 6.04 Å². The Morgan fingerprint density at radius 1 is 1.19 bits per heavy atom. The number of nitrogens with zero attached hydrogens (tertiary/aromatic N) is 3. The van der Waals surface area contributed by atoms with Gasteiger partial charge in [0.2, 0.25) is 0 Å². The van der Waals surface area contributed by atoms with Gasteiger partial charge >= 0.3 is 0 Å². The molecule has 21 heavy (non-hydrogen) atoms. The van der Waals surface area contributed by atoms with E-state index in [0.29, 0.717) is 0 Å². The molecule has 1 aromatic rings. The van der Waals surface area contributed by atoms with Crippen molar-refractivity contribution in [1.29, 1.82) is 5.26 Å². The fraction of sp³-hybridized carbons (Fsp3) is 0.588. The molecule has 1 aliphatic heterocycles. The number of piperazine rings is 1. The van der Waals surface area contributed by atoms with Crippen LogP contribution in [0.15, 0.2) is 30.3 Å². The molecule has 4 heteroatoms. The van der Waals surface area contributed by atoms with Crippen LogP contribution >= 0.6 is 0 Å². The van der Waals surface area contributed by atoms with Gasteiger partial charge in [-0.1, -0.05) is 25.1 Å². The van der Waals surface area contributed by atoms with Crippen molar-refractivity contribution in [2.75, 3.05) is 39.3 Å². The van der Waals surface area contributed by atoms with E-state index in [1.807, 2.05) is 30.3 Å². The largest absolute Gasteiger partial charge is 0.494 e. The molecule has 1 heterocycles. The predicted molar refractivity (Wildman–Crippen MR) is 84.3 cm³/mol. The summed E-state index contributed by atoms with van der Waals surface area (Å²) in [5.74, 6) is 0.946. The second-order valence-electron chi connectivity index (χ2n) is 5.45. The highest BCUT2D eigenvalue weighted by molar-refractivity contribution is 5.20. The Morgan fingerprint density at radius 3 is 2.52 bits per heavy atom. The third-order valence-corrected chi connectivity index (χ3v) is 4.01. The SMILES string of the molecule is CCC(C#N)N1CCN(CCCOc2ccccc2)CC1. The van der Waals surface area contributed by atoms with Gasteiger partial charge in [0.25, 0.3) is 0 Å². The molecule has 0 spiro atoms. The molecule has 1 unspecified atom stereocenters. The van der Waals surface area contributed by atoms with E-state index in [9.17, 15) is 0 Å². The van der Waals surface area contributed by atoms with Crippen LogP contribution in [0.25, 0.3) is 0 Å². The van der Waals surface area contributed by atoms with E-state index in [1.165, 1.54) is 0 Å². The molecule has 0 aromatic heterocycles. The van der Waals surface area contributed by atoms with Crippen LogP contribution in [-0.4, -0.2) is 55.2 Å². The average Bonchev–Trinajstić information content (AvgIpc) is 2.55. The quantitative estimate of drug-likeness (QED) is 0.722. The number of rotatable bonds is 7. The molecular formula is C17H25N3O. The standard InChI is InChI=1S/C17H25N3O/c1-2-16(15-18)20-12-10-19(11-13-20)9-6-14-21-17-7-4-3-5-8-17/h3-5,7-8,16H,2,6,9-14H2,1H3. The smallest absolute Gasteiger partial charge is 0.119 e. The summed E-state index contributed by atoms with van der Waals surface area (Å²) < 4.78 is 5.71. The van der Waals surface area contributed by atoms with Crippen molar-refractivity contribution >= 4 is 0 Å². The molecule has 0 N–H and O–H groups in total. The lowest BCUT2D eigenvalue weighted by Crippen LogP contribution is -2.50. The van der Waals surface area contributed by atoms with Gasteiger partial charge in [0.05, 0.1) is 18.7 Å². The van der Waals surface area contributed by atoms with E-state index in [4.69, 9.17) is 10.00 Å². The summed E-state index contributed by atoms with van der Waals surface area (Å²) in [6.07, 6.45) is 1.96.